The van der Waals surface area contributed by atoms with Gasteiger partial charge in [0, 0.05) is 0 Å². The minimum atomic E-state index is -4.41. The Morgan fingerprint density at radius 2 is 1.58 bits per heavy atom. The zero-order valence-corrected chi connectivity index (χ0v) is 13.7. The first kappa shape index (κ1) is 18.9. The van der Waals surface area contributed by atoms with Crippen molar-refractivity contribution in [2.24, 2.45) is 5.73 Å². The maximum atomic E-state index is 12.1. The number of hydrogen-bond acceptors (Lipinski definition) is 3. The van der Waals surface area contributed by atoms with Gasteiger partial charge in [-0.2, -0.15) is 13.2 Å². The van der Waals surface area contributed by atoms with Gasteiger partial charge < -0.3 is 15.6 Å². The average molecular weight is 380 g/mol. The Bertz CT molecular complexity index is 693. The van der Waals surface area contributed by atoms with Crippen molar-refractivity contribution in [3.8, 4) is 5.75 Å². The molecule has 0 aliphatic rings. The van der Waals surface area contributed by atoms with Gasteiger partial charge >= 0.3 is 6.18 Å². The fourth-order valence-electron chi connectivity index (χ4n) is 2.04. The molecule has 0 amide bonds. The third-order valence-electron chi connectivity index (χ3n) is 3.29. The lowest BCUT2D eigenvalue weighted by molar-refractivity contribution is -0.153. The lowest BCUT2D eigenvalue weighted by Gasteiger charge is -2.20. The van der Waals surface area contributed by atoms with E-state index in [4.69, 9.17) is 28.9 Å². The highest BCUT2D eigenvalue weighted by Gasteiger charge is 2.28. The van der Waals surface area contributed by atoms with Gasteiger partial charge in [-0.15, -0.1) is 0 Å². The summed E-state index contributed by atoms with van der Waals surface area (Å²) in [5, 5.41) is 11.0. The largest absolute Gasteiger partial charge is 0.484 e. The van der Waals surface area contributed by atoms with Crippen LogP contribution >= 0.6 is 23.2 Å². The average Bonchev–Trinajstić information content (AvgIpc) is 2.54. The Balaban J connectivity index is 2.08. The molecule has 0 fully saturated rings. The van der Waals surface area contributed by atoms with Gasteiger partial charge in [0.15, 0.2) is 6.61 Å². The molecule has 2 aromatic carbocycles. The van der Waals surface area contributed by atoms with Gasteiger partial charge in [-0.25, -0.2) is 0 Å². The molecule has 0 aromatic heterocycles. The van der Waals surface area contributed by atoms with E-state index >= 15 is 0 Å². The fraction of sp³-hybridized carbons (Fsp3) is 0.250. The van der Waals surface area contributed by atoms with Crippen LogP contribution in [0.25, 0.3) is 0 Å². The topological polar surface area (TPSA) is 55.5 Å². The molecule has 2 rings (SSSR count). The second-order valence-corrected chi connectivity index (χ2v) is 5.93. The van der Waals surface area contributed by atoms with Gasteiger partial charge in [0.1, 0.15) is 5.75 Å². The lowest BCUT2D eigenvalue weighted by Crippen LogP contribution is -2.20. The number of hydrogen-bond donors (Lipinski definition) is 2. The maximum absolute atomic E-state index is 12.1. The minimum absolute atomic E-state index is 0.0476. The molecule has 0 saturated heterocycles. The number of nitrogens with two attached hydrogens (primary N) is 1. The molecule has 3 N–H and O–H groups in total. The van der Waals surface area contributed by atoms with Crippen LogP contribution in [-0.4, -0.2) is 17.9 Å². The predicted molar refractivity (Wildman–Crippen MR) is 86.3 cm³/mol. The molecule has 2 aromatic rings. The molecule has 2 atom stereocenters. The van der Waals surface area contributed by atoms with Gasteiger partial charge in [-0.3, -0.25) is 0 Å². The molecule has 0 saturated carbocycles. The summed E-state index contributed by atoms with van der Waals surface area (Å²) < 4.78 is 40.9. The Morgan fingerprint density at radius 3 is 2.12 bits per heavy atom. The summed E-state index contributed by atoms with van der Waals surface area (Å²) in [5.74, 6) is 0.0476. The van der Waals surface area contributed by atoms with Crippen molar-refractivity contribution < 1.29 is 23.0 Å². The Labute approximate surface area is 146 Å². The van der Waals surface area contributed by atoms with Crippen LogP contribution in [0, 0.1) is 0 Å². The zero-order chi connectivity index (χ0) is 17.9. The van der Waals surface area contributed by atoms with E-state index in [0.29, 0.717) is 21.2 Å². The van der Waals surface area contributed by atoms with Crippen LogP contribution in [0.4, 0.5) is 13.2 Å². The van der Waals surface area contributed by atoms with E-state index in [-0.39, 0.29) is 5.75 Å². The Morgan fingerprint density at radius 1 is 1.00 bits per heavy atom. The summed E-state index contributed by atoms with van der Waals surface area (Å²) in [6.45, 7) is -1.38. The van der Waals surface area contributed by atoms with Crippen molar-refractivity contribution >= 4 is 23.2 Å². The summed E-state index contributed by atoms with van der Waals surface area (Å²) in [6.07, 6.45) is -5.48. The van der Waals surface area contributed by atoms with Gasteiger partial charge in [-0.1, -0.05) is 41.4 Å². The normalized spacial score (nSPS) is 14.3. The van der Waals surface area contributed by atoms with E-state index < -0.39 is 24.9 Å². The van der Waals surface area contributed by atoms with Crippen LogP contribution in [0.15, 0.2) is 42.5 Å². The quantitative estimate of drug-likeness (QED) is 0.793. The number of ether oxygens (including phenoxy) is 1. The number of aliphatic hydroxyl groups is 1. The molecule has 0 aliphatic heterocycles. The van der Waals surface area contributed by atoms with Crippen LogP contribution in [0.2, 0.25) is 10.0 Å². The van der Waals surface area contributed by atoms with Crippen molar-refractivity contribution in [3.05, 3.63) is 63.6 Å². The molecule has 130 valence electrons. The summed E-state index contributed by atoms with van der Waals surface area (Å²) >= 11 is 11.8. The highest BCUT2D eigenvalue weighted by molar-refractivity contribution is 6.42. The summed E-state index contributed by atoms with van der Waals surface area (Å²) in [5.41, 5.74) is 7.03. The van der Waals surface area contributed by atoms with Gasteiger partial charge in [0.25, 0.3) is 0 Å². The zero-order valence-electron chi connectivity index (χ0n) is 12.2. The third-order valence-corrected chi connectivity index (χ3v) is 4.03. The molecule has 2 unspecified atom stereocenters. The summed E-state index contributed by atoms with van der Waals surface area (Å²) in [4.78, 5) is 0. The highest BCUT2D eigenvalue weighted by atomic mass is 35.5. The molecule has 0 bridgehead atoms. The molecule has 0 radical (unpaired) electrons. The third kappa shape index (κ3) is 5.01. The number of aliphatic hydroxyl groups excluding tert-OH is 1. The van der Waals surface area contributed by atoms with E-state index in [1.54, 1.807) is 18.2 Å². The predicted octanol–water partition coefficient (Wildman–Crippen LogP) is 4.67. The van der Waals surface area contributed by atoms with Gasteiger partial charge in [-0.05, 0) is 35.4 Å². The summed E-state index contributed by atoms with van der Waals surface area (Å²) in [6, 6.07) is 9.57. The van der Waals surface area contributed by atoms with E-state index in [0.717, 1.165) is 0 Å². The molecule has 24 heavy (non-hydrogen) atoms. The first-order valence-electron chi connectivity index (χ1n) is 6.85. The molecular weight excluding hydrogens is 366 g/mol. The van der Waals surface area contributed by atoms with Crippen molar-refractivity contribution in [2.75, 3.05) is 6.61 Å². The van der Waals surface area contributed by atoms with Crippen molar-refractivity contribution in [3.63, 3.8) is 0 Å². The van der Waals surface area contributed by atoms with Crippen molar-refractivity contribution in [2.45, 2.75) is 18.3 Å². The second kappa shape index (κ2) is 7.61. The lowest BCUT2D eigenvalue weighted by atomic mass is 9.96. The van der Waals surface area contributed by atoms with E-state index in [9.17, 15) is 18.3 Å². The Hall–Kier alpha value is -1.47. The van der Waals surface area contributed by atoms with Crippen LogP contribution < -0.4 is 10.5 Å². The van der Waals surface area contributed by atoms with Crippen molar-refractivity contribution in [1.29, 1.82) is 0 Å². The number of rotatable bonds is 5. The Kier molecular flexibility index (Phi) is 5.98. The monoisotopic (exact) mass is 379 g/mol. The second-order valence-electron chi connectivity index (χ2n) is 5.12. The van der Waals surface area contributed by atoms with E-state index in [2.05, 4.69) is 4.74 Å². The number of halogens is 5. The minimum Gasteiger partial charge on any atom is -0.484 e. The first-order valence-corrected chi connectivity index (χ1v) is 7.61. The molecule has 0 spiro atoms. The molecule has 0 aliphatic carbocycles. The standard InChI is InChI=1S/C16H14Cl2F3NO2/c17-12-6-3-10(7-13(12)18)14(22)15(23)9-1-4-11(5-2-9)24-8-16(19,20)21/h1-7,14-15,23H,8,22H2. The van der Waals surface area contributed by atoms with Gasteiger partial charge in [0.2, 0.25) is 0 Å². The van der Waals surface area contributed by atoms with E-state index in [1.807, 2.05) is 0 Å². The molecule has 0 heterocycles. The molecule has 3 nitrogen and oxygen atoms in total. The number of alkyl halides is 3. The van der Waals surface area contributed by atoms with Crippen LogP contribution in [0.5, 0.6) is 5.75 Å². The smallest absolute Gasteiger partial charge is 0.422 e. The maximum Gasteiger partial charge on any atom is 0.422 e. The molecular formula is C16H14Cl2F3NO2. The van der Waals surface area contributed by atoms with Crippen LogP contribution in [-0.2, 0) is 0 Å². The number of benzene rings is 2. The first-order chi connectivity index (χ1) is 11.2. The molecule has 8 heteroatoms. The van der Waals surface area contributed by atoms with Gasteiger partial charge in [0.05, 0.1) is 22.2 Å². The fourth-order valence-corrected chi connectivity index (χ4v) is 2.34. The van der Waals surface area contributed by atoms with Crippen LogP contribution in [0.3, 0.4) is 0 Å². The SMILES string of the molecule is NC(c1ccc(Cl)c(Cl)c1)C(O)c1ccc(OCC(F)(F)F)cc1. The van der Waals surface area contributed by atoms with E-state index in [1.165, 1.54) is 24.3 Å². The van der Waals surface area contributed by atoms with Crippen LogP contribution in [0.1, 0.15) is 23.3 Å². The van der Waals surface area contributed by atoms with Crippen molar-refractivity contribution in [1.82, 2.24) is 0 Å². The highest BCUT2D eigenvalue weighted by Crippen LogP contribution is 2.31. The summed E-state index contributed by atoms with van der Waals surface area (Å²) in [7, 11) is 0.